The summed E-state index contributed by atoms with van der Waals surface area (Å²) in [5.74, 6) is 0.549. The van der Waals surface area contributed by atoms with Gasteiger partial charge in [-0.25, -0.2) is 0 Å². The fourth-order valence-electron chi connectivity index (χ4n) is 6.87. The van der Waals surface area contributed by atoms with Crippen molar-refractivity contribution < 1.29 is 0 Å². The third-order valence-electron chi connectivity index (χ3n) is 8.68. The Labute approximate surface area is 239 Å². The highest BCUT2D eigenvalue weighted by Gasteiger charge is 2.21. The van der Waals surface area contributed by atoms with Crippen LogP contribution in [0.3, 0.4) is 0 Å². The summed E-state index contributed by atoms with van der Waals surface area (Å²) >= 11 is 1.92. The average Bonchev–Trinajstić information content (AvgIpc) is 3.38. The van der Waals surface area contributed by atoms with Crippen molar-refractivity contribution in [2.24, 2.45) is 5.92 Å². The third kappa shape index (κ3) is 3.73. The minimum Gasteiger partial charge on any atom is -0.135 e. The molecular weight excluding hydrogens is 500 g/mol. The molecule has 0 aliphatic heterocycles. The predicted molar refractivity (Wildman–Crippen MR) is 177 cm³/mol. The fraction of sp³-hybridized carbons (Fsp3) is 0.128. The molecule has 0 saturated carbocycles. The lowest BCUT2D eigenvalue weighted by molar-refractivity contribution is 0.750. The van der Waals surface area contributed by atoms with Gasteiger partial charge in [0.05, 0.1) is 0 Å². The lowest BCUT2D eigenvalue weighted by Crippen LogP contribution is -2.00. The number of thiophene rings is 1. The van der Waals surface area contributed by atoms with Crippen LogP contribution in [0.1, 0.15) is 37.3 Å². The Morgan fingerprint density at radius 3 is 2.08 bits per heavy atom. The highest BCUT2D eigenvalue weighted by molar-refractivity contribution is 7.26. The van der Waals surface area contributed by atoms with Crippen molar-refractivity contribution in [2.45, 2.75) is 26.2 Å². The molecule has 1 aromatic heterocycles. The Kier molecular flexibility index (Phi) is 5.60. The molecule has 5 aromatic carbocycles. The van der Waals surface area contributed by atoms with Crippen LogP contribution in [0.2, 0.25) is 0 Å². The van der Waals surface area contributed by atoms with Crippen molar-refractivity contribution in [3.05, 3.63) is 133 Å². The summed E-state index contributed by atoms with van der Waals surface area (Å²) in [7, 11) is 0. The van der Waals surface area contributed by atoms with Gasteiger partial charge in [-0.15, -0.1) is 11.3 Å². The molecule has 0 amide bonds. The summed E-state index contributed by atoms with van der Waals surface area (Å²) in [5.41, 5.74) is 8.32. The van der Waals surface area contributed by atoms with E-state index in [2.05, 4.69) is 128 Å². The standard InChI is InChI=1S/C39H30S/c1-25-11-9-14-28(23-25)37-29-15-5-7-17-31(29)38(32-18-8-6-16-30(32)37)34-19-10-20-35-39(34)33-22-21-27(24-36(33)40-35)26-12-3-2-4-13-26/h2-3,5-12,14-22,24-25H,4,13,23H2,1H3. The van der Waals surface area contributed by atoms with Crippen molar-refractivity contribution in [2.75, 3.05) is 0 Å². The van der Waals surface area contributed by atoms with Gasteiger partial charge in [0.25, 0.3) is 0 Å². The predicted octanol–water partition coefficient (Wildman–Crippen LogP) is 11.7. The van der Waals surface area contributed by atoms with Gasteiger partial charge in [-0.05, 0) is 92.3 Å². The summed E-state index contributed by atoms with van der Waals surface area (Å²) in [4.78, 5) is 0. The Morgan fingerprint density at radius 1 is 0.650 bits per heavy atom. The Balaban J connectivity index is 1.44. The van der Waals surface area contributed by atoms with Crippen molar-refractivity contribution in [1.29, 1.82) is 0 Å². The third-order valence-corrected chi connectivity index (χ3v) is 9.80. The maximum absolute atomic E-state index is 2.42. The van der Waals surface area contributed by atoms with Crippen molar-refractivity contribution in [3.63, 3.8) is 0 Å². The fourth-order valence-corrected chi connectivity index (χ4v) is 8.04. The Morgan fingerprint density at radius 2 is 1.38 bits per heavy atom. The number of hydrogen-bond donors (Lipinski definition) is 0. The molecule has 8 rings (SSSR count). The molecule has 1 heterocycles. The van der Waals surface area contributed by atoms with E-state index in [-0.39, 0.29) is 0 Å². The zero-order valence-corrected chi connectivity index (χ0v) is 23.5. The largest absolute Gasteiger partial charge is 0.135 e. The molecule has 1 atom stereocenters. The van der Waals surface area contributed by atoms with Gasteiger partial charge < -0.3 is 0 Å². The van der Waals surface area contributed by atoms with Gasteiger partial charge in [-0.2, -0.15) is 0 Å². The quantitative estimate of drug-likeness (QED) is 0.200. The van der Waals surface area contributed by atoms with E-state index in [0.717, 1.165) is 19.3 Å². The van der Waals surface area contributed by atoms with Gasteiger partial charge >= 0.3 is 0 Å². The molecule has 2 aliphatic carbocycles. The molecule has 2 aliphatic rings. The number of rotatable bonds is 3. The van der Waals surface area contributed by atoms with Gasteiger partial charge in [-0.3, -0.25) is 0 Å². The lowest BCUT2D eigenvalue weighted by atomic mass is 9.82. The van der Waals surface area contributed by atoms with Crippen molar-refractivity contribution in [1.82, 2.24) is 0 Å². The summed E-state index contributed by atoms with van der Waals surface area (Å²) in [5, 5.41) is 8.10. The van der Waals surface area contributed by atoms with Crippen LogP contribution in [-0.2, 0) is 0 Å². The van der Waals surface area contributed by atoms with Crippen LogP contribution < -0.4 is 0 Å². The van der Waals surface area contributed by atoms with Crippen LogP contribution in [-0.4, -0.2) is 0 Å². The molecule has 0 bridgehead atoms. The second kappa shape index (κ2) is 9.47. The molecule has 1 unspecified atom stereocenters. The van der Waals surface area contributed by atoms with Gasteiger partial charge in [0.2, 0.25) is 0 Å². The number of benzene rings is 5. The summed E-state index contributed by atoms with van der Waals surface area (Å²) in [6.45, 7) is 2.32. The maximum atomic E-state index is 2.42. The Bertz CT molecular complexity index is 2040. The highest BCUT2D eigenvalue weighted by atomic mass is 32.1. The van der Waals surface area contributed by atoms with E-state index in [1.165, 1.54) is 75.1 Å². The molecule has 0 radical (unpaired) electrons. The zero-order chi connectivity index (χ0) is 26.6. The SMILES string of the molecule is CC1C=CC=C(c2c3ccccc3c(-c3cccc4sc5cc(C6=CC=CCC6)ccc5c34)c3ccccc23)C1. The molecule has 0 N–H and O–H groups in total. The van der Waals surface area contributed by atoms with Crippen LogP contribution >= 0.6 is 11.3 Å². The van der Waals surface area contributed by atoms with E-state index in [1.54, 1.807) is 0 Å². The highest BCUT2D eigenvalue weighted by Crippen LogP contribution is 2.48. The lowest BCUT2D eigenvalue weighted by Gasteiger charge is -2.22. The molecule has 0 saturated heterocycles. The van der Waals surface area contributed by atoms with E-state index in [0.29, 0.717) is 5.92 Å². The second-order valence-corrected chi connectivity index (χ2v) is 12.3. The molecule has 1 heteroatoms. The van der Waals surface area contributed by atoms with E-state index in [1.807, 2.05) is 11.3 Å². The van der Waals surface area contributed by atoms with Crippen LogP contribution in [0.25, 0.3) is 64.0 Å². The van der Waals surface area contributed by atoms with Crippen LogP contribution in [0, 0.1) is 5.92 Å². The zero-order valence-electron chi connectivity index (χ0n) is 22.7. The summed E-state index contributed by atoms with van der Waals surface area (Å²) in [6, 6.07) is 32.1. The normalized spacial score (nSPS) is 17.2. The Hall–Kier alpha value is -4.20. The monoisotopic (exact) mass is 530 g/mol. The van der Waals surface area contributed by atoms with Gasteiger partial charge in [0.15, 0.2) is 0 Å². The minimum absolute atomic E-state index is 0.549. The molecular formula is C39H30S. The molecule has 0 fully saturated rings. The van der Waals surface area contributed by atoms with Crippen LogP contribution in [0.15, 0.2) is 121 Å². The van der Waals surface area contributed by atoms with Crippen LogP contribution in [0.4, 0.5) is 0 Å². The number of hydrogen-bond acceptors (Lipinski definition) is 1. The average molecular weight is 531 g/mol. The number of fused-ring (bicyclic) bond motifs is 5. The smallest absolute Gasteiger partial charge is 0.0361 e. The minimum atomic E-state index is 0.549. The first kappa shape index (κ1) is 23.7. The summed E-state index contributed by atoms with van der Waals surface area (Å²) in [6.07, 6.45) is 16.9. The van der Waals surface area contributed by atoms with E-state index in [4.69, 9.17) is 0 Å². The first-order valence-electron chi connectivity index (χ1n) is 14.4. The van der Waals surface area contributed by atoms with Crippen LogP contribution in [0.5, 0.6) is 0 Å². The van der Waals surface area contributed by atoms with E-state index >= 15 is 0 Å². The second-order valence-electron chi connectivity index (χ2n) is 11.2. The molecule has 0 nitrogen and oxygen atoms in total. The van der Waals surface area contributed by atoms with E-state index in [9.17, 15) is 0 Å². The first-order chi connectivity index (χ1) is 19.8. The van der Waals surface area contributed by atoms with Gasteiger partial charge in [-0.1, -0.05) is 116 Å². The first-order valence-corrected chi connectivity index (χ1v) is 15.2. The topological polar surface area (TPSA) is 0 Å². The molecule has 40 heavy (non-hydrogen) atoms. The van der Waals surface area contributed by atoms with Gasteiger partial charge in [0, 0.05) is 20.2 Å². The van der Waals surface area contributed by atoms with E-state index < -0.39 is 0 Å². The van der Waals surface area contributed by atoms with Gasteiger partial charge in [0.1, 0.15) is 0 Å². The summed E-state index contributed by atoms with van der Waals surface area (Å²) < 4.78 is 2.72. The molecule has 0 spiro atoms. The van der Waals surface area contributed by atoms with Crippen molar-refractivity contribution >= 4 is 64.2 Å². The molecule has 6 aromatic rings. The molecule has 192 valence electrons. The van der Waals surface area contributed by atoms with Crippen molar-refractivity contribution in [3.8, 4) is 11.1 Å². The number of allylic oxidation sites excluding steroid dienone is 8. The maximum Gasteiger partial charge on any atom is 0.0361 e.